The van der Waals surface area contributed by atoms with Crippen LogP contribution in [-0.4, -0.2) is 69.6 Å². The molecule has 1 aromatic carbocycles. The van der Waals surface area contributed by atoms with E-state index in [2.05, 4.69) is 39.3 Å². The zero-order chi connectivity index (χ0) is 21.1. The second kappa shape index (κ2) is 8.55. The van der Waals surface area contributed by atoms with E-state index in [0.29, 0.717) is 37.6 Å². The molecular formula is C22H29N5O3. The summed E-state index contributed by atoms with van der Waals surface area (Å²) in [6.07, 6.45) is 2.14. The number of esters is 1. The first kappa shape index (κ1) is 20.5. The number of hydrogen-bond acceptors (Lipinski definition) is 6. The maximum Gasteiger partial charge on any atom is 0.312 e. The Hall–Kier alpha value is -2.74. The number of carbonyl (C=O) groups excluding carboxylic acids is 2. The number of benzene rings is 1. The van der Waals surface area contributed by atoms with Crippen LogP contribution in [0.4, 0.5) is 0 Å². The summed E-state index contributed by atoms with van der Waals surface area (Å²) in [4.78, 5) is 33.5. The average Bonchev–Trinajstić information content (AvgIpc) is 3.25. The van der Waals surface area contributed by atoms with Crippen LogP contribution in [0.3, 0.4) is 0 Å². The molecule has 8 heteroatoms. The Morgan fingerprint density at radius 2 is 2.03 bits per heavy atom. The Morgan fingerprint density at radius 1 is 1.30 bits per heavy atom. The molecule has 2 aliphatic rings. The van der Waals surface area contributed by atoms with Crippen molar-refractivity contribution in [2.45, 2.75) is 45.3 Å². The van der Waals surface area contributed by atoms with Crippen LogP contribution in [-0.2, 0) is 27.3 Å². The number of ether oxygens (including phenoxy) is 1. The normalized spacial score (nSPS) is 20.7. The van der Waals surface area contributed by atoms with Crippen molar-refractivity contribution < 1.29 is 14.3 Å². The van der Waals surface area contributed by atoms with Crippen molar-refractivity contribution in [3.8, 4) is 0 Å². The molecule has 0 aliphatic carbocycles. The molecule has 1 amide bonds. The molecule has 2 saturated heterocycles. The molecule has 2 aromatic rings. The highest BCUT2D eigenvalue weighted by molar-refractivity contribution is 5.81. The van der Waals surface area contributed by atoms with Gasteiger partial charge in [0.2, 0.25) is 5.91 Å². The summed E-state index contributed by atoms with van der Waals surface area (Å²) in [5.41, 5.74) is 0.795. The van der Waals surface area contributed by atoms with Crippen LogP contribution in [0, 0.1) is 12.3 Å². The molecule has 1 spiro atoms. The van der Waals surface area contributed by atoms with E-state index in [9.17, 15) is 9.59 Å². The molecule has 1 N–H and O–H groups in total. The number of carbonyl (C=O) groups is 2. The minimum absolute atomic E-state index is 0.00867. The molecule has 2 aliphatic heterocycles. The number of H-pyrrole nitrogens is 1. The second-order valence-corrected chi connectivity index (χ2v) is 8.59. The van der Waals surface area contributed by atoms with E-state index in [1.807, 2.05) is 30.0 Å². The van der Waals surface area contributed by atoms with E-state index in [1.165, 1.54) is 5.56 Å². The lowest BCUT2D eigenvalue weighted by Gasteiger charge is -2.36. The van der Waals surface area contributed by atoms with Gasteiger partial charge >= 0.3 is 5.97 Å². The van der Waals surface area contributed by atoms with Gasteiger partial charge in [0.1, 0.15) is 11.9 Å². The Morgan fingerprint density at radius 3 is 2.70 bits per heavy atom. The maximum atomic E-state index is 12.7. The monoisotopic (exact) mass is 411 g/mol. The zero-order valence-electron chi connectivity index (χ0n) is 17.6. The van der Waals surface area contributed by atoms with Crippen molar-refractivity contribution in [1.82, 2.24) is 25.0 Å². The third-order valence-corrected chi connectivity index (χ3v) is 6.16. The number of rotatable bonds is 6. The predicted octanol–water partition coefficient (Wildman–Crippen LogP) is 1.71. The van der Waals surface area contributed by atoms with Crippen LogP contribution < -0.4 is 0 Å². The fourth-order valence-corrected chi connectivity index (χ4v) is 4.55. The van der Waals surface area contributed by atoms with Crippen molar-refractivity contribution in [2.75, 3.05) is 26.7 Å². The lowest BCUT2D eigenvalue weighted by atomic mass is 9.76. The maximum absolute atomic E-state index is 12.7. The molecule has 160 valence electrons. The van der Waals surface area contributed by atoms with Gasteiger partial charge in [-0.25, -0.2) is 4.98 Å². The highest BCUT2D eigenvalue weighted by Gasteiger charge is 2.50. The summed E-state index contributed by atoms with van der Waals surface area (Å²) in [6.45, 7) is 4.50. The number of cyclic esters (lactones) is 1. The lowest BCUT2D eigenvalue weighted by molar-refractivity contribution is -0.152. The molecule has 2 fully saturated rings. The largest absolute Gasteiger partial charge is 0.461 e. The molecule has 1 unspecified atom stereocenters. The zero-order valence-corrected chi connectivity index (χ0v) is 17.6. The fourth-order valence-electron chi connectivity index (χ4n) is 4.55. The second-order valence-electron chi connectivity index (χ2n) is 8.59. The third-order valence-electron chi connectivity index (χ3n) is 6.16. The Bertz CT molecular complexity index is 889. The van der Waals surface area contributed by atoms with Crippen LogP contribution in [0.2, 0.25) is 0 Å². The Kier molecular flexibility index (Phi) is 5.85. The minimum atomic E-state index is -0.448. The average molecular weight is 412 g/mol. The molecular weight excluding hydrogens is 382 g/mol. The van der Waals surface area contributed by atoms with Gasteiger partial charge in [0.05, 0.1) is 11.8 Å². The first-order valence-corrected chi connectivity index (χ1v) is 10.5. The van der Waals surface area contributed by atoms with E-state index >= 15 is 0 Å². The fraction of sp³-hybridized carbons (Fsp3) is 0.545. The molecule has 8 nitrogen and oxygen atoms in total. The molecule has 3 heterocycles. The van der Waals surface area contributed by atoms with Crippen LogP contribution in [0.1, 0.15) is 36.5 Å². The standard InChI is InChI=1S/C22H29N5O3/c1-16-23-19(25-24-16)12-20(28)27-10-8-22(9-11-27)13-18(30-21(22)29)15-26(2)14-17-6-4-3-5-7-17/h3-7,18H,8-15H2,1-2H3,(H,23,24,25). The SMILES string of the molecule is Cc1nc(CC(=O)N2CCC3(CC2)CC(CN(C)Cc2ccccc2)OC3=O)n[nH]1. The molecule has 0 bridgehead atoms. The predicted molar refractivity (Wildman–Crippen MR) is 110 cm³/mol. The van der Waals surface area contributed by atoms with Crippen molar-refractivity contribution >= 4 is 11.9 Å². The number of aromatic nitrogens is 3. The van der Waals surface area contributed by atoms with E-state index in [1.54, 1.807) is 0 Å². The smallest absolute Gasteiger partial charge is 0.312 e. The van der Waals surface area contributed by atoms with Crippen molar-refractivity contribution in [3.63, 3.8) is 0 Å². The van der Waals surface area contributed by atoms with Crippen LogP contribution in [0.25, 0.3) is 0 Å². The molecule has 0 saturated carbocycles. The van der Waals surface area contributed by atoms with Gasteiger partial charge in [-0.1, -0.05) is 30.3 Å². The first-order chi connectivity index (χ1) is 14.4. The van der Waals surface area contributed by atoms with Crippen LogP contribution >= 0.6 is 0 Å². The summed E-state index contributed by atoms with van der Waals surface area (Å²) in [5, 5.41) is 6.80. The third kappa shape index (κ3) is 4.53. The van der Waals surface area contributed by atoms with Gasteiger partial charge < -0.3 is 9.64 Å². The number of likely N-dealkylation sites (tertiary alicyclic amines) is 1. The highest BCUT2D eigenvalue weighted by atomic mass is 16.6. The minimum Gasteiger partial charge on any atom is -0.461 e. The van der Waals surface area contributed by atoms with E-state index in [4.69, 9.17) is 4.74 Å². The number of hydrogen-bond donors (Lipinski definition) is 1. The quantitative estimate of drug-likeness (QED) is 0.728. The van der Waals surface area contributed by atoms with E-state index < -0.39 is 5.41 Å². The number of nitrogens with zero attached hydrogens (tertiary/aromatic N) is 4. The summed E-state index contributed by atoms with van der Waals surface area (Å²) in [5.74, 6) is 1.12. The Balaban J connectivity index is 1.28. The number of aromatic amines is 1. The summed E-state index contributed by atoms with van der Waals surface area (Å²) < 4.78 is 5.75. The molecule has 30 heavy (non-hydrogen) atoms. The highest BCUT2D eigenvalue weighted by Crippen LogP contribution is 2.43. The van der Waals surface area contributed by atoms with Crippen LogP contribution in [0.5, 0.6) is 0 Å². The van der Waals surface area contributed by atoms with Gasteiger partial charge in [-0.3, -0.25) is 19.6 Å². The molecule has 4 rings (SSSR count). The van der Waals surface area contributed by atoms with Gasteiger partial charge in [0.25, 0.3) is 0 Å². The van der Waals surface area contributed by atoms with Crippen molar-refractivity contribution in [3.05, 3.63) is 47.5 Å². The number of aryl methyl sites for hydroxylation is 1. The lowest BCUT2D eigenvalue weighted by Crippen LogP contribution is -2.45. The van der Waals surface area contributed by atoms with Crippen molar-refractivity contribution in [2.24, 2.45) is 5.41 Å². The Labute approximate surface area is 176 Å². The number of piperidine rings is 1. The number of likely N-dealkylation sites (N-methyl/N-ethyl adjacent to an activating group) is 1. The topological polar surface area (TPSA) is 91.4 Å². The molecule has 0 radical (unpaired) electrons. The van der Waals surface area contributed by atoms with Gasteiger partial charge in [0, 0.05) is 32.6 Å². The van der Waals surface area contributed by atoms with E-state index in [0.717, 1.165) is 19.5 Å². The van der Waals surface area contributed by atoms with Gasteiger partial charge in [-0.15, -0.1) is 0 Å². The number of nitrogens with one attached hydrogen (secondary N) is 1. The molecule has 1 atom stereocenters. The summed E-state index contributed by atoms with van der Waals surface area (Å²) in [6, 6.07) is 10.3. The summed E-state index contributed by atoms with van der Waals surface area (Å²) >= 11 is 0. The summed E-state index contributed by atoms with van der Waals surface area (Å²) in [7, 11) is 2.05. The molecule has 1 aromatic heterocycles. The van der Waals surface area contributed by atoms with Crippen LogP contribution in [0.15, 0.2) is 30.3 Å². The van der Waals surface area contributed by atoms with Gasteiger partial charge in [-0.05, 0) is 32.4 Å². The van der Waals surface area contributed by atoms with Crippen molar-refractivity contribution in [1.29, 1.82) is 0 Å². The van der Waals surface area contributed by atoms with Gasteiger partial charge in [-0.2, -0.15) is 5.10 Å². The van der Waals surface area contributed by atoms with Gasteiger partial charge in [0.15, 0.2) is 5.82 Å². The van der Waals surface area contributed by atoms with E-state index in [-0.39, 0.29) is 24.4 Å². The number of amides is 1. The first-order valence-electron chi connectivity index (χ1n) is 10.5.